The summed E-state index contributed by atoms with van der Waals surface area (Å²) < 4.78 is 0.888. The Morgan fingerprint density at radius 2 is 2.43 bits per heavy atom. The number of hydrogen-bond donors (Lipinski definition) is 2. The Hall–Kier alpha value is -0.660. The number of H-pyrrole nitrogens is 1. The van der Waals surface area contributed by atoms with Crippen LogP contribution in [0.4, 0.5) is 0 Å². The summed E-state index contributed by atoms with van der Waals surface area (Å²) in [6.45, 7) is 4.15. The number of alkyl halides is 1. The van der Waals surface area contributed by atoms with Gasteiger partial charge in [-0.15, -0.1) is 0 Å². The van der Waals surface area contributed by atoms with E-state index in [1.807, 2.05) is 0 Å². The predicted molar refractivity (Wildman–Crippen MR) is 61.4 cm³/mol. The summed E-state index contributed by atoms with van der Waals surface area (Å²) in [7, 11) is 0. The molecule has 0 bridgehead atoms. The molecule has 0 aromatic carbocycles. The van der Waals surface area contributed by atoms with Gasteiger partial charge in [-0.25, -0.2) is 0 Å². The monoisotopic (exact) mass is 308 g/mol. The number of nitrogens with one attached hydrogen (secondary N) is 2. The normalized spacial score (nSPS) is 12.9. The molecule has 0 fully saturated rings. The van der Waals surface area contributed by atoms with Crippen LogP contribution in [-0.2, 0) is 0 Å². The molecule has 0 aliphatic rings. The summed E-state index contributed by atoms with van der Waals surface area (Å²) in [5.41, 5.74) is 0.334. The molecule has 0 spiro atoms. The van der Waals surface area contributed by atoms with E-state index in [0.717, 1.165) is 4.43 Å². The quantitative estimate of drug-likeness (QED) is 0.644. The number of amides is 1. The molecule has 0 aliphatic heterocycles. The fourth-order valence-corrected chi connectivity index (χ4v) is 2.17. The van der Waals surface area contributed by atoms with Gasteiger partial charge in [0.15, 0.2) is 5.69 Å². The van der Waals surface area contributed by atoms with Crippen molar-refractivity contribution in [3.8, 4) is 0 Å². The van der Waals surface area contributed by atoms with E-state index in [1.54, 1.807) is 0 Å². The van der Waals surface area contributed by atoms with Crippen LogP contribution < -0.4 is 5.32 Å². The van der Waals surface area contributed by atoms with Gasteiger partial charge in [-0.1, -0.05) is 36.4 Å². The fraction of sp³-hybridized carbons (Fsp3) is 0.625. The lowest BCUT2D eigenvalue weighted by atomic mass is 10.1. The van der Waals surface area contributed by atoms with E-state index in [4.69, 9.17) is 0 Å². The van der Waals surface area contributed by atoms with Crippen molar-refractivity contribution >= 4 is 28.5 Å². The van der Waals surface area contributed by atoms with E-state index in [2.05, 4.69) is 57.2 Å². The number of hydrogen-bond acceptors (Lipinski definition) is 3. The van der Waals surface area contributed by atoms with Crippen LogP contribution in [0.2, 0.25) is 0 Å². The molecule has 1 unspecified atom stereocenters. The lowest BCUT2D eigenvalue weighted by Crippen LogP contribution is -2.39. The smallest absolute Gasteiger partial charge is 0.273 e. The Bertz CT molecular complexity index is 286. The van der Waals surface area contributed by atoms with Crippen LogP contribution in [0.3, 0.4) is 0 Å². The molecule has 1 rings (SSSR count). The number of nitrogens with zero attached hydrogens (tertiary/aromatic N) is 2. The number of carbonyl (C=O) groups excluding carboxylic acids is 1. The summed E-state index contributed by atoms with van der Waals surface area (Å²) >= 11 is 2.26. The topological polar surface area (TPSA) is 70.7 Å². The van der Waals surface area contributed by atoms with Gasteiger partial charge >= 0.3 is 0 Å². The molecule has 2 N–H and O–H groups in total. The molecule has 5 nitrogen and oxygen atoms in total. The van der Waals surface area contributed by atoms with Crippen molar-refractivity contribution in [3.63, 3.8) is 0 Å². The first-order valence-electron chi connectivity index (χ1n) is 4.37. The third-order valence-electron chi connectivity index (χ3n) is 1.94. The molecule has 0 aliphatic carbocycles. The van der Waals surface area contributed by atoms with E-state index in [9.17, 15) is 4.79 Å². The van der Waals surface area contributed by atoms with Crippen LogP contribution in [0.1, 0.15) is 24.3 Å². The molecule has 1 amide bonds. The van der Waals surface area contributed by atoms with Gasteiger partial charge in [0.05, 0.1) is 6.20 Å². The number of carbonyl (C=O) groups is 1. The molecule has 0 saturated carbocycles. The molecule has 1 atom stereocenters. The number of aromatic amines is 1. The summed E-state index contributed by atoms with van der Waals surface area (Å²) in [5, 5.41) is 12.6. The number of rotatable bonds is 4. The zero-order valence-electron chi connectivity index (χ0n) is 8.12. The number of aromatic nitrogens is 3. The Labute approximate surface area is 96.2 Å². The molecule has 0 saturated heterocycles. The molecule has 6 heteroatoms. The Kier molecular flexibility index (Phi) is 4.30. The highest BCUT2D eigenvalue weighted by Crippen LogP contribution is 2.05. The van der Waals surface area contributed by atoms with E-state index in [1.165, 1.54) is 6.20 Å². The van der Waals surface area contributed by atoms with Crippen molar-refractivity contribution in [1.29, 1.82) is 0 Å². The van der Waals surface area contributed by atoms with E-state index >= 15 is 0 Å². The molecule has 78 valence electrons. The van der Waals surface area contributed by atoms with Crippen molar-refractivity contribution in [2.75, 3.05) is 4.43 Å². The van der Waals surface area contributed by atoms with Crippen LogP contribution in [0.15, 0.2) is 6.20 Å². The average molecular weight is 308 g/mol. The van der Waals surface area contributed by atoms with Gasteiger partial charge in [0.1, 0.15) is 0 Å². The minimum Gasteiger partial charge on any atom is -0.347 e. The van der Waals surface area contributed by atoms with Gasteiger partial charge in [-0.2, -0.15) is 15.4 Å². The molecule has 14 heavy (non-hydrogen) atoms. The van der Waals surface area contributed by atoms with E-state index < -0.39 is 0 Å². The third kappa shape index (κ3) is 2.93. The first-order chi connectivity index (χ1) is 6.65. The summed E-state index contributed by atoms with van der Waals surface area (Å²) in [6, 6.07) is 0.180. The fourth-order valence-electron chi connectivity index (χ4n) is 0.937. The SMILES string of the molecule is CC(C)C(CI)NC(=O)c1cn[nH]n1. The second-order valence-corrected chi connectivity index (χ2v) is 4.21. The first-order valence-corrected chi connectivity index (χ1v) is 5.90. The maximum absolute atomic E-state index is 11.5. The summed E-state index contributed by atoms with van der Waals surface area (Å²) in [4.78, 5) is 11.5. The zero-order valence-corrected chi connectivity index (χ0v) is 10.3. The average Bonchev–Trinajstić information content (AvgIpc) is 2.65. The third-order valence-corrected chi connectivity index (χ3v) is 2.88. The van der Waals surface area contributed by atoms with E-state index in [0.29, 0.717) is 11.6 Å². The highest BCUT2D eigenvalue weighted by atomic mass is 127. The van der Waals surface area contributed by atoms with Crippen LogP contribution in [0.5, 0.6) is 0 Å². The van der Waals surface area contributed by atoms with Crippen LogP contribution >= 0.6 is 22.6 Å². The lowest BCUT2D eigenvalue weighted by Gasteiger charge is -2.18. The minimum absolute atomic E-state index is 0.172. The van der Waals surface area contributed by atoms with Gasteiger partial charge in [-0.05, 0) is 5.92 Å². The van der Waals surface area contributed by atoms with Gasteiger partial charge in [0.25, 0.3) is 5.91 Å². The first kappa shape index (κ1) is 11.4. The minimum atomic E-state index is -0.172. The maximum atomic E-state index is 11.5. The Balaban J connectivity index is 2.56. The van der Waals surface area contributed by atoms with Crippen molar-refractivity contribution < 1.29 is 4.79 Å². The second-order valence-electron chi connectivity index (χ2n) is 3.33. The molecule has 1 heterocycles. The molecular formula is C8H13IN4O. The lowest BCUT2D eigenvalue weighted by molar-refractivity contribution is 0.0927. The Morgan fingerprint density at radius 1 is 1.71 bits per heavy atom. The van der Waals surface area contributed by atoms with Gasteiger partial charge in [-0.3, -0.25) is 4.79 Å². The van der Waals surface area contributed by atoms with Gasteiger partial charge in [0.2, 0.25) is 0 Å². The maximum Gasteiger partial charge on any atom is 0.273 e. The van der Waals surface area contributed by atoms with Gasteiger partial charge in [0, 0.05) is 10.5 Å². The molecular weight excluding hydrogens is 295 g/mol. The number of halogens is 1. The van der Waals surface area contributed by atoms with Crippen molar-refractivity contribution in [1.82, 2.24) is 20.7 Å². The van der Waals surface area contributed by atoms with Crippen LogP contribution in [0.25, 0.3) is 0 Å². The molecule has 1 aromatic rings. The molecule has 0 radical (unpaired) electrons. The highest BCUT2D eigenvalue weighted by Gasteiger charge is 2.16. The van der Waals surface area contributed by atoms with E-state index in [-0.39, 0.29) is 11.9 Å². The van der Waals surface area contributed by atoms with Crippen LogP contribution in [-0.4, -0.2) is 31.8 Å². The summed E-state index contributed by atoms with van der Waals surface area (Å²) in [6.07, 6.45) is 1.42. The second kappa shape index (κ2) is 5.28. The largest absolute Gasteiger partial charge is 0.347 e. The van der Waals surface area contributed by atoms with Crippen molar-refractivity contribution in [3.05, 3.63) is 11.9 Å². The Morgan fingerprint density at radius 3 is 2.86 bits per heavy atom. The highest BCUT2D eigenvalue weighted by molar-refractivity contribution is 14.1. The zero-order chi connectivity index (χ0) is 10.6. The standard InChI is InChI=1S/C8H13IN4O/c1-5(2)6(3-9)11-8(14)7-4-10-13-12-7/h4-6H,3H2,1-2H3,(H,11,14)(H,10,12,13). The molecule has 1 aromatic heterocycles. The van der Waals surface area contributed by atoms with Crippen molar-refractivity contribution in [2.24, 2.45) is 5.92 Å². The van der Waals surface area contributed by atoms with Gasteiger partial charge < -0.3 is 5.32 Å². The predicted octanol–water partition coefficient (Wildman–Crippen LogP) is 0.994. The summed E-state index contributed by atoms with van der Waals surface area (Å²) in [5.74, 6) is 0.247. The van der Waals surface area contributed by atoms with Crippen LogP contribution in [0, 0.1) is 5.92 Å². The van der Waals surface area contributed by atoms with Crippen molar-refractivity contribution in [2.45, 2.75) is 19.9 Å².